The minimum Gasteiger partial charge on any atom is -0.381 e. The van der Waals surface area contributed by atoms with E-state index in [1.54, 1.807) is 0 Å². The fourth-order valence-corrected chi connectivity index (χ4v) is 2.69. The van der Waals surface area contributed by atoms with Crippen LogP contribution >= 0.6 is 0 Å². The predicted octanol–water partition coefficient (Wildman–Crippen LogP) is 2.26. The number of rotatable bonds is 7. The average Bonchev–Trinajstić information content (AvgIpc) is 2.39. The summed E-state index contributed by atoms with van der Waals surface area (Å²) in [6, 6.07) is 1.92. The number of likely N-dealkylation sites (N-methyl/N-ethyl adjacent to an activating group) is 1. The molecule has 0 bridgehead atoms. The zero-order valence-corrected chi connectivity index (χ0v) is 12.0. The van der Waals surface area contributed by atoms with Crippen LogP contribution in [0.3, 0.4) is 0 Å². The molecule has 2 atom stereocenters. The lowest BCUT2D eigenvalue weighted by Gasteiger charge is -2.39. The first-order valence-electron chi connectivity index (χ1n) is 7.23. The molecule has 17 heavy (non-hydrogen) atoms. The normalized spacial score (nSPS) is 21.7. The Morgan fingerprint density at radius 1 is 1.29 bits per heavy atom. The molecule has 1 N–H and O–H groups in total. The molecule has 1 aliphatic heterocycles. The Labute approximate surface area is 107 Å². The van der Waals surface area contributed by atoms with Gasteiger partial charge in [-0.25, -0.2) is 0 Å². The second-order valence-corrected chi connectivity index (χ2v) is 5.22. The Morgan fingerprint density at radius 2 is 1.94 bits per heavy atom. The molecule has 1 aliphatic rings. The standard InChI is InChI=1S/C14H30N2O/c1-5-9-15-14(6-2)12(3)16(4)13-7-10-17-11-8-13/h12-15H,5-11H2,1-4H3. The monoisotopic (exact) mass is 242 g/mol. The van der Waals surface area contributed by atoms with E-state index in [1.807, 2.05) is 0 Å². The number of ether oxygens (including phenoxy) is 1. The molecule has 2 unspecified atom stereocenters. The van der Waals surface area contributed by atoms with Crippen molar-refractivity contribution in [1.82, 2.24) is 10.2 Å². The quantitative estimate of drug-likeness (QED) is 0.741. The van der Waals surface area contributed by atoms with Crippen molar-refractivity contribution in [3.8, 4) is 0 Å². The molecule has 0 aromatic carbocycles. The van der Waals surface area contributed by atoms with Gasteiger partial charge in [0.15, 0.2) is 0 Å². The van der Waals surface area contributed by atoms with Crippen molar-refractivity contribution >= 4 is 0 Å². The molecular formula is C14H30N2O. The van der Waals surface area contributed by atoms with E-state index in [0.717, 1.165) is 19.8 Å². The van der Waals surface area contributed by atoms with E-state index in [1.165, 1.54) is 25.7 Å². The summed E-state index contributed by atoms with van der Waals surface area (Å²) in [5.41, 5.74) is 0. The summed E-state index contributed by atoms with van der Waals surface area (Å²) < 4.78 is 5.44. The fourth-order valence-electron chi connectivity index (χ4n) is 2.69. The molecule has 3 nitrogen and oxygen atoms in total. The van der Waals surface area contributed by atoms with Gasteiger partial charge in [0.2, 0.25) is 0 Å². The summed E-state index contributed by atoms with van der Waals surface area (Å²) in [5.74, 6) is 0. The Balaban J connectivity index is 2.43. The first-order chi connectivity index (χ1) is 8.20. The van der Waals surface area contributed by atoms with E-state index in [9.17, 15) is 0 Å². The van der Waals surface area contributed by atoms with Crippen molar-refractivity contribution in [3.05, 3.63) is 0 Å². The summed E-state index contributed by atoms with van der Waals surface area (Å²) >= 11 is 0. The first-order valence-corrected chi connectivity index (χ1v) is 7.23. The maximum absolute atomic E-state index is 5.44. The maximum atomic E-state index is 5.44. The minimum absolute atomic E-state index is 0.606. The molecule has 1 heterocycles. The second kappa shape index (κ2) is 8.06. The van der Waals surface area contributed by atoms with Crippen LogP contribution in [0.1, 0.15) is 46.5 Å². The van der Waals surface area contributed by atoms with E-state index < -0.39 is 0 Å². The highest BCUT2D eigenvalue weighted by atomic mass is 16.5. The average molecular weight is 242 g/mol. The molecular weight excluding hydrogens is 212 g/mol. The van der Waals surface area contributed by atoms with Crippen molar-refractivity contribution in [1.29, 1.82) is 0 Å². The van der Waals surface area contributed by atoms with Gasteiger partial charge in [0.25, 0.3) is 0 Å². The molecule has 3 heteroatoms. The molecule has 1 fully saturated rings. The SMILES string of the molecule is CCCNC(CC)C(C)N(C)C1CCOCC1. The third-order valence-electron chi connectivity index (χ3n) is 4.09. The Hall–Kier alpha value is -0.120. The molecule has 0 amide bonds. The molecule has 1 rings (SSSR count). The van der Waals surface area contributed by atoms with Crippen molar-refractivity contribution in [2.24, 2.45) is 0 Å². The number of nitrogens with zero attached hydrogens (tertiary/aromatic N) is 1. The highest BCUT2D eigenvalue weighted by Crippen LogP contribution is 2.17. The smallest absolute Gasteiger partial charge is 0.0480 e. The summed E-state index contributed by atoms with van der Waals surface area (Å²) in [7, 11) is 2.27. The molecule has 102 valence electrons. The van der Waals surface area contributed by atoms with Crippen molar-refractivity contribution in [2.45, 2.75) is 64.6 Å². The van der Waals surface area contributed by atoms with Gasteiger partial charge in [-0.1, -0.05) is 13.8 Å². The van der Waals surface area contributed by atoms with Gasteiger partial charge in [0.05, 0.1) is 0 Å². The molecule has 0 aliphatic carbocycles. The molecule has 0 radical (unpaired) electrons. The molecule has 0 spiro atoms. The van der Waals surface area contributed by atoms with Gasteiger partial charge in [-0.05, 0) is 46.2 Å². The summed E-state index contributed by atoms with van der Waals surface area (Å²) in [4.78, 5) is 2.55. The second-order valence-electron chi connectivity index (χ2n) is 5.22. The van der Waals surface area contributed by atoms with Crippen LogP contribution in [0.5, 0.6) is 0 Å². The van der Waals surface area contributed by atoms with Crippen LogP contribution in [-0.2, 0) is 4.74 Å². The number of nitrogens with one attached hydrogen (secondary N) is 1. The van der Waals surface area contributed by atoms with Crippen LogP contribution < -0.4 is 5.32 Å². The summed E-state index contributed by atoms with van der Waals surface area (Å²) in [5, 5.41) is 3.67. The molecule has 0 aromatic rings. The van der Waals surface area contributed by atoms with E-state index >= 15 is 0 Å². The van der Waals surface area contributed by atoms with E-state index in [4.69, 9.17) is 4.74 Å². The first kappa shape index (κ1) is 14.9. The van der Waals surface area contributed by atoms with E-state index in [2.05, 4.69) is 38.0 Å². The lowest BCUT2D eigenvalue weighted by atomic mass is 10.0. The third kappa shape index (κ3) is 4.57. The van der Waals surface area contributed by atoms with Crippen molar-refractivity contribution in [3.63, 3.8) is 0 Å². The predicted molar refractivity (Wildman–Crippen MR) is 73.4 cm³/mol. The summed E-state index contributed by atoms with van der Waals surface area (Å²) in [6.07, 6.45) is 4.79. The largest absolute Gasteiger partial charge is 0.381 e. The highest BCUT2D eigenvalue weighted by Gasteiger charge is 2.26. The van der Waals surface area contributed by atoms with Crippen molar-refractivity contribution in [2.75, 3.05) is 26.8 Å². The Bertz CT molecular complexity index is 193. The molecule has 0 aromatic heterocycles. The van der Waals surface area contributed by atoms with Crippen LogP contribution in [0.25, 0.3) is 0 Å². The van der Waals surface area contributed by atoms with Crippen LogP contribution in [-0.4, -0.2) is 49.8 Å². The Morgan fingerprint density at radius 3 is 2.47 bits per heavy atom. The molecule has 1 saturated heterocycles. The van der Waals surface area contributed by atoms with Gasteiger partial charge in [0, 0.05) is 31.3 Å². The van der Waals surface area contributed by atoms with Crippen LogP contribution in [0.2, 0.25) is 0 Å². The molecule has 0 saturated carbocycles. The summed E-state index contributed by atoms with van der Waals surface area (Å²) in [6.45, 7) is 9.85. The topological polar surface area (TPSA) is 24.5 Å². The zero-order valence-electron chi connectivity index (χ0n) is 12.0. The van der Waals surface area contributed by atoms with Gasteiger partial charge in [-0.3, -0.25) is 4.90 Å². The van der Waals surface area contributed by atoms with E-state index in [0.29, 0.717) is 18.1 Å². The van der Waals surface area contributed by atoms with Crippen LogP contribution in [0.4, 0.5) is 0 Å². The fraction of sp³-hybridized carbons (Fsp3) is 1.00. The van der Waals surface area contributed by atoms with Gasteiger partial charge in [-0.2, -0.15) is 0 Å². The Kier molecular flexibility index (Phi) is 7.09. The lowest BCUT2D eigenvalue weighted by Crippen LogP contribution is -2.51. The van der Waals surface area contributed by atoms with Crippen LogP contribution in [0, 0.1) is 0 Å². The van der Waals surface area contributed by atoms with Gasteiger partial charge in [0.1, 0.15) is 0 Å². The van der Waals surface area contributed by atoms with E-state index in [-0.39, 0.29) is 0 Å². The number of hydrogen-bond acceptors (Lipinski definition) is 3. The third-order valence-corrected chi connectivity index (χ3v) is 4.09. The zero-order chi connectivity index (χ0) is 12.7. The van der Waals surface area contributed by atoms with Gasteiger partial charge < -0.3 is 10.1 Å². The number of hydrogen-bond donors (Lipinski definition) is 1. The van der Waals surface area contributed by atoms with Gasteiger partial charge in [-0.15, -0.1) is 0 Å². The lowest BCUT2D eigenvalue weighted by molar-refractivity contribution is 0.0247. The van der Waals surface area contributed by atoms with Gasteiger partial charge >= 0.3 is 0 Å². The minimum atomic E-state index is 0.606. The van der Waals surface area contributed by atoms with Crippen molar-refractivity contribution < 1.29 is 4.74 Å². The highest BCUT2D eigenvalue weighted by molar-refractivity contribution is 4.83. The maximum Gasteiger partial charge on any atom is 0.0480 e. The van der Waals surface area contributed by atoms with Crippen LogP contribution in [0.15, 0.2) is 0 Å².